The van der Waals surface area contributed by atoms with Gasteiger partial charge in [0.05, 0.1) is 23.1 Å². The first kappa shape index (κ1) is 12.0. The maximum atomic E-state index is 13.3. The fourth-order valence-corrected chi connectivity index (χ4v) is 1.39. The second-order valence-electron chi connectivity index (χ2n) is 3.54. The van der Waals surface area contributed by atoms with Gasteiger partial charge in [-0.2, -0.15) is 0 Å². The van der Waals surface area contributed by atoms with Crippen LogP contribution in [-0.2, 0) is 0 Å². The molecule has 6 heteroatoms. The molecule has 2 rings (SSSR count). The standard InChI is InChI=1S/C12H9F2N3O/c13-7-1-2-11(9(14)5-7)17-12(18)8-3-4-16-6-10(8)15/h1-6H,15H2,(H,17,18). The summed E-state index contributed by atoms with van der Waals surface area (Å²) in [5.74, 6) is -2.15. The van der Waals surface area contributed by atoms with Crippen LogP contribution < -0.4 is 11.1 Å². The first-order valence-corrected chi connectivity index (χ1v) is 5.04. The number of hydrogen-bond donors (Lipinski definition) is 2. The topological polar surface area (TPSA) is 68.0 Å². The zero-order chi connectivity index (χ0) is 13.1. The number of amides is 1. The number of rotatable bonds is 2. The van der Waals surface area contributed by atoms with Crippen molar-refractivity contribution < 1.29 is 13.6 Å². The lowest BCUT2D eigenvalue weighted by Gasteiger charge is -2.07. The van der Waals surface area contributed by atoms with Crippen molar-refractivity contribution in [3.05, 3.63) is 53.9 Å². The molecule has 92 valence electrons. The number of nitrogens with two attached hydrogens (primary N) is 1. The summed E-state index contributed by atoms with van der Waals surface area (Å²) in [7, 11) is 0. The fourth-order valence-electron chi connectivity index (χ4n) is 1.39. The van der Waals surface area contributed by atoms with E-state index in [0.717, 1.165) is 12.1 Å². The molecule has 4 nitrogen and oxygen atoms in total. The van der Waals surface area contributed by atoms with Crippen molar-refractivity contribution in [2.75, 3.05) is 11.1 Å². The minimum atomic E-state index is -0.851. The predicted molar refractivity (Wildman–Crippen MR) is 63.0 cm³/mol. The van der Waals surface area contributed by atoms with E-state index in [1.54, 1.807) is 0 Å². The monoisotopic (exact) mass is 249 g/mol. The van der Waals surface area contributed by atoms with E-state index in [1.165, 1.54) is 18.5 Å². The van der Waals surface area contributed by atoms with Crippen molar-refractivity contribution >= 4 is 17.3 Å². The highest BCUT2D eigenvalue weighted by Gasteiger charge is 2.12. The molecule has 0 saturated heterocycles. The summed E-state index contributed by atoms with van der Waals surface area (Å²) in [6.07, 6.45) is 2.71. The Bertz CT molecular complexity index is 602. The molecule has 1 aromatic heterocycles. The van der Waals surface area contributed by atoms with Crippen LogP contribution in [0.1, 0.15) is 10.4 Å². The van der Waals surface area contributed by atoms with Crippen LogP contribution in [-0.4, -0.2) is 10.9 Å². The molecule has 0 atom stereocenters. The van der Waals surface area contributed by atoms with E-state index in [0.29, 0.717) is 6.07 Å². The predicted octanol–water partition coefficient (Wildman–Crippen LogP) is 2.19. The van der Waals surface area contributed by atoms with Gasteiger partial charge in [0.15, 0.2) is 0 Å². The molecule has 2 aromatic rings. The van der Waals surface area contributed by atoms with Gasteiger partial charge >= 0.3 is 0 Å². The second-order valence-corrected chi connectivity index (χ2v) is 3.54. The van der Waals surface area contributed by atoms with Gasteiger partial charge in [-0.15, -0.1) is 0 Å². The number of aromatic nitrogens is 1. The van der Waals surface area contributed by atoms with Crippen LogP contribution in [0.3, 0.4) is 0 Å². The Morgan fingerprint density at radius 3 is 2.72 bits per heavy atom. The number of nitrogens with zero attached hydrogens (tertiary/aromatic N) is 1. The number of carbonyl (C=O) groups is 1. The third kappa shape index (κ3) is 2.42. The van der Waals surface area contributed by atoms with Crippen LogP contribution in [0.4, 0.5) is 20.2 Å². The largest absolute Gasteiger partial charge is 0.397 e. The Balaban J connectivity index is 2.24. The molecule has 0 saturated carbocycles. The molecular formula is C12H9F2N3O. The molecular weight excluding hydrogens is 240 g/mol. The number of nitrogen functional groups attached to an aromatic ring is 1. The third-order valence-corrected chi connectivity index (χ3v) is 2.28. The van der Waals surface area contributed by atoms with E-state index in [2.05, 4.69) is 10.3 Å². The summed E-state index contributed by atoms with van der Waals surface area (Å²) in [6.45, 7) is 0. The average molecular weight is 249 g/mol. The zero-order valence-electron chi connectivity index (χ0n) is 9.15. The van der Waals surface area contributed by atoms with Crippen LogP contribution >= 0.6 is 0 Å². The molecule has 1 aromatic carbocycles. The van der Waals surface area contributed by atoms with Crippen molar-refractivity contribution in [1.29, 1.82) is 0 Å². The SMILES string of the molecule is Nc1cnccc1C(=O)Nc1ccc(F)cc1F. The van der Waals surface area contributed by atoms with Gasteiger partial charge in [-0.05, 0) is 18.2 Å². The summed E-state index contributed by atoms with van der Waals surface area (Å²) in [5, 5.41) is 2.31. The van der Waals surface area contributed by atoms with Crippen LogP contribution in [0.5, 0.6) is 0 Å². The zero-order valence-corrected chi connectivity index (χ0v) is 9.15. The van der Waals surface area contributed by atoms with Gasteiger partial charge in [-0.3, -0.25) is 9.78 Å². The van der Waals surface area contributed by atoms with Gasteiger partial charge in [-0.1, -0.05) is 0 Å². The van der Waals surface area contributed by atoms with Crippen molar-refractivity contribution in [1.82, 2.24) is 4.98 Å². The first-order chi connectivity index (χ1) is 8.58. The number of carbonyl (C=O) groups excluding carboxylic acids is 1. The molecule has 1 amide bonds. The minimum absolute atomic E-state index is 0.113. The van der Waals surface area contributed by atoms with Gasteiger partial charge in [0, 0.05) is 12.3 Å². The van der Waals surface area contributed by atoms with Gasteiger partial charge < -0.3 is 11.1 Å². The van der Waals surface area contributed by atoms with E-state index < -0.39 is 17.5 Å². The molecule has 1 heterocycles. The summed E-state index contributed by atoms with van der Waals surface area (Å²) < 4.78 is 26.0. The molecule has 0 aliphatic heterocycles. The Morgan fingerprint density at radius 2 is 2.06 bits per heavy atom. The number of pyridine rings is 1. The minimum Gasteiger partial charge on any atom is -0.397 e. The van der Waals surface area contributed by atoms with Crippen LogP contribution in [0.15, 0.2) is 36.7 Å². The maximum Gasteiger partial charge on any atom is 0.257 e. The molecule has 0 unspecified atom stereocenters. The number of hydrogen-bond acceptors (Lipinski definition) is 3. The molecule has 0 spiro atoms. The van der Waals surface area contributed by atoms with Crippen LogP contribution in [0, 0.1) is 11.6 Å². The third-order valence-electron chi connectivity index (χ3n) is 2.28. The second kappa shape index (κ2) is 4.79. The first-order valence-electron chi connectivity index (χ1n) is 5.04. The van der Waals surface area contributed by atoms with Gasteiger partial charge in [-0.25, -0.2) is 8.78 Å². The van der Waals surface area contributed by atoms with Crippen molar-refractivity contribution in [2.24, 2.45) is 0 Å². The van der Waals surface area contributed by atoms with Crippen LogP contribution in [0.25, 0.3) is 0 Å². The highest BCUT2D eigenvalue weighted by Crippen LogP contribution is 2.17. The van der Waals surface area contributed by atoms with Crippen LogP contribution in [0.2, 0.25) is 0 Å². The summed E-state index contributed by atoms with van der Waals surface area (Å²) in [6, 6.07) is 4.28. The Labute approximate surface area is 101 Å². The van der Waals surface area contributed by atoms with E-state index in [1.807, 2.05) is 0 Å². The average Bonchev–Trinajstić information content (AvgIpc) is 2.33. The van der Waals surface area contributed by atoms with E-state index in [-0.39, 0.29) is 16.9 Å². The molecule has 0 bridgehead atoms. The van der Waals surface area contributed by atoms with E-state index in [9.17, 15) is 13.6 Å². The molecule has 18 heavy (non-hydrogen) atoms. The van der Waals surface area contributed by atoms with Gasteiger partial charge in [0.1, 0.15) is 11.6 Å². The summed E-state index contributed by atoms with van der Waals surface area (Å²) in [5.41, 5.74) is 5.80. The van der Waals surface area contributed by atoms with E-state index >= 15 is 0 Å². The normalized spacial score (nSPS) is 10.1. The van der Waals surface area contributed by atoms with E-state index in [4.69, 9.17) is 5.73 Å². The van der Waals surface area contributed by atoms with Crippen molar-refractivity contribution in [3.8, 4) is 0 Å². The lowest BCUT2D eigenvalue weighted by Crippen LogP contribution is -2.15. The number of benzene rings is 1. The Kier molecular flexibility index (Phi) is 3.18. The molecule has 0 aliphatic carbocycles. The lowest BCUT2D eigenvalue weighted by atomic mass is 10.2. The summed E-state index contributed by atoms with van der Waals surface area (Å²) in [4.78, 5) is 15.5. The highest BCUT2D eigenvalue weighted by molar-refractivity contribution is 6.07. The smallest absolute Gasteiger partial charge is 0.257 e. The molecule has 3 N–H and O–H groups in total. The lowest BCUT2D eigenvalue weighted by molar-refractivity contribution is 0.102. The maximum absolute atomic E-state index is 13.3. The van der Waals surface area contributed by atoms with Gasteiger partial charge in [0.2, 0.25) is 0 Å². The quantitative estimate of drug-likeness (QED) is 0.857. The number of nitrogens with one attached hydrogen (secondary N) is 1. The summed E-state index contributed by atoms with van der Waals surface area (Å²) >= 11 is 0. The fraction of sp³-hybridized carbons (Fsp3) is 0. The van der Waals surface area contributed by atoms with Crippen molar-refractivity contribution in [3.63, 3.8) is 0 Å². The number of halogens is 2. The Morgan fingerprint density at radius 1 is 1.28 bits per heavy atom. The number of anilines is 2. The Hall–Kier alpha value is -2.50. The molecule has 0 radical (unpaired) electrons. The van der Waals surface area contributed by atoms with Gasteiger partial charge in [0.25, 0.3) is 5.91 Å². The molecule has 0 aliphatic rings. The molecule has 0 fully saturated rings. The van der Waals surface area contributed by atoms with Crippen molar-refractivity contribution in [2.45, 2.75) is 0 Å². The highest BCUT2D eigenvalue weighted by atomic mass is 19.1.